The van der Waals surface area contributed by atoms with Crippen LogP contribution in [0.2, 0.25) is 0 Å². The van der Waals surface area contributed by atoms with Crippen LogP contribution in [0.15, 0.2) is 40.5 Å². The van der Waals surface area contributed by atoms with Crippen molar-refractivity contribution in [2.24, 2.45) is 0 Å². The van der Waals surface area contributed by atoms with E-state index < -0.39 is 5.25 Å². The number of nitrogens with one attached hydrogen (secondary N) is 2. The number of carbonyl (C=O) groups excluding carboxylic acids is 1. The lowest BCUT2D eigenvalue weighted by atomic mass is 10.2. The van der Waals surface area contributed by atoms with E-state index in [2.05, 4.69) is 25.5 Å². The Hall–Kier alpha value is -2.68. The molecule has 0 fully saturated rings. The molecule has 0 saturated heterocycles. The van der Waals surface area contributed by atoms with Crippen molar-refractivity contribution in [3.63, 3.8) is 0 Å². The van der Waals surface area contributed by atoms with E-state index in [4.69, 9.17) is 0 Å². The number of fused-ring (bicyclic) bond motifs is 1. The zero-order chi connectivity index (χ0) is 18.0. The van der Waals surface area contributed by atoms with Gasteiger partial charge in [-0.05, 0) is 32.9 Å². The average Bonchev–Trinajstić information content (AvgIpc) is 3.08. The Bertz CT molecular complexity index is 951. The second-order valence-corrected chi connectivity index (χ2v) is 7.09. The third-order valence-corrected chi connectivity index (χ3v) is 4.49. The van der Waals surface area contributed by atoms with Crippen LogP contribution in [0.1, 0.15) is 20.8 Å². The number of amides is 1. The molecule has 0 radical (unpaired) electrons. The van der Waals surface area contributed by atoms with E-state index in [1.165, 1.54) is 22.7 Å². The molecule has 8 nitrogen and oxygen atoms in total. The zero-order valence-corrected chi connectivity index (χ0v) is 14.9. The van der Waals surface area contributed by atoms with Gasteiger partial charge in [0, 0.05) is 6.04 Å². The lowest BCUT2D eigenvalue weighted by Gasteiger charge is -2.16. The third-order valence-electron chi connectivity index (χ3n) is 3.44. The minimum atomic E-state index is -0.426. The Balaban J connectivity index is 2.08. The zero-order valence-electron chi connectivity index (χ0n) is 14.1. The molecule has 0 saturated carbocycles. The fourth-order valence-electron chi connectivity index (χ4n) is 2.30. The first-order chi connectivity index (χ1) is 12.0. The van der Waals surface area contributed by atoms with Crippen LogP contribution in [-0.2, 0) is 4.79 Å². The van der Waals surface area contributed by atoms with Gasteiger partial charge in [0.2, 0.25) is 11.9 Å². The summed E-state index contributed by atoms with van der Waals surface area (Å²) in [6.07, 6.45) is 1.32. The van der Waals surface area contributed by atoms with Gasteiger partial charge in [-0.1, -0.05) is 23.9 Å². The van der Waals surface area contributed by atoms with Crippen molar-refractivity contribution in [3.05, 3.63) is 40.9 Å². The molecule has 1 amide bonds. The summed E-state index contributed by atoms with van der Waals surface area (Å²) in [4.78, 5) is 33.7. The summed E-state index contributed by atoms with van der Waals surface area (Å²) in [5, 5.41) is 9.77. The monoisotopic (exact) mass is 358 g/mol. The van der Waals surface area contributed by atoms with Crippen LogP contribution in [0.4, 0.5) is 0 Å². The summed E-state index contributed by atoms with van der Waals surface area (Å²) in [5.74, 6) is 0.147. The number of thioether (sulfide) groups is 1. The molecule has 3 aromatic rings. The summed E-state index contributed by atoms with van der Waals surface area (Å²) < 4.78 is 1.35. The van der Waals surface area contributed by atoms with Crippen molar-refractivity contribution in [3.8, 4) is 5.95 Å². The van der Waals surface area contributed by atoms with Gasteiger partial charge in [-0.3, -0.25) is 9.59 Å². The van der Waals surface area contributed by atoms with Crippen LogP contribution in [-0.4, -0.2) is 41.9 Å². The predicted octanol–water partition coefficient (Wildman–Crippen LogP) is 1.51. The largest absolute Gasteiger partial charge is 0.353 e. The summed E-state index contributed by atoms with van der Waals surface area (Å²) in [7, 11) is 0. The number of carbonyl (C=O) groups is 1. The van der Waals surface area contributed by atoms with Crippen LogP contribution in [0.5, 0.6) is 0 Å². The van der Waals surface area contributed by atoms with Gasteiger partial charge in [-0.25, -0.2) is 14.6 Å². The minimum absolute atomic E-state index is 0.0385. The highest BCUT2D eigenvalue weighted by molar-refractivity contribution is 8.00. The Labute approximate surface area is 148 Å². The highest BCUT2D eigenvalue weighted by atomic mass is 32.2. The van der Waals surface area contributed by atoms with Gasteiger partial charge in [0.15, 0.2) is 5.16 Å². The first-order valence-electron chi connectivity index (χ1n) is 7.82. The number of rotatable bonds is 5. The molecule has 2 N–H and O–H groups in total. The normalized spacial score (nSPS) is 12.5. The number of aromatic amines is 1. The van der Waals surface area contributed by atoms with Crippen LogP contribution < -0.4 is 10.9 Å². The van der Waals surface area contributed by atoms with Gasteiger partial charge < -0.3 is 5.32 Å². The minimum Gasteiger partial charge on any atom is -0.353 e. The van der Waals surface area contributed by atoms with Crippen LogP contribution in [0, 0.1) is 0 Å². The standard InChI is InChI=1S/C16H18N6O2S/c1-9(2)19-13(23)10(3)25-16-20-12-7-5-4-6-11(12)14(24)22(16)15-17-8-18-21-15/h4-10H,1-3H3,(H,19,23)(H,17,18,21)/t10-/m0/s1. The summed E-state index contributed by atoms with van der Waals surface area (Å²) in [6, 6.07) is 7.11. The molecule has 25 heavy (non-hydrogen) atoms. The maximum Gasteiger partial charge on any atom is 0.269 e. The topological polar surface area (TPSA) is 106 Å². The van der Waals surface area contributed by atoms with Crippen LogP contribution in [0.3, 0.4) is 0 Å². The smallest absolute Gasteiger partial charge is 0.269 e. The molecular weight excluding hydrogens is 340 g/mol. The number of para-hydroxylation sites is 1. The number of benzene rings is 1. The van der Waals surface area contributed by atoms with Gasteiger partial charge in [0.1, 0.15) is 6.33 Å². The fourth-order valence-corrected chi connectivity index (χ4v) is 3.22. The second kappa shape index (κ2) is 7.06. The quantitative estimate of drug-likeness (QED) is 0.529. The molecule has 130 valence electrons. The molecule has 0 aliphatic heterocycles. The van der Waals surface area contributed by atoms with E-state index in [9.17, 15) is 9.59 Å². The highest BCUT2D eigenvalue weighted by Crippen LogP contribution is 2.24. The molecule has 2 heterocycles. The molecule has 0 bridgehead atoms. The summed E-state index contributed by atoms with van der Waals surface area (Å²) in [6.45, 7) is 5.57. The number of hydrogen-bond donors (Lipinski definition) is 2. The van der Waals surface area contributed by atoms with Gasteiger partial charge >= 0.3 is 0 Å². The third kappa shape index (κ3) is 3.55. The molecule has 0 aliphatic rings. The maximum atomic E-state index is 12.9. The van der Waals surface area contributed by atoms with E-state index in [-0.39, 0.29) is 23.5 Å². The van der Waals surface area contributed by atoms with E-state index >= 15 is 0 Å². The lowest BCUT2D eigenvalue weighted by molar-refractivity contribution is -0.120. The van der Waals surface area contributed by atoms with Gasteiger partial charge in [0.05, 0.1) is 16.2 Å². The maximum absolute atomic E-state index is 12.9. The first kappa shape index (κ1) is 17.2. The average molecular weight is 358 g/mol. The van der Waals surface area contributed by atoms with E-state index in [0.717, 1.165) is 0 Å². The Kier molecular flexibility index (Phi) is 4.84. The molecule has 0 spiro atoms. The molecule has 2 aromatic heterocycles. The number of nitrogens with zero attached hydrogens (tertiary/aromatic N) is 4. The number of aromatic nitrogens is 5. The van der Waals surface area contributed by atoms with Crippen molar-refractivity contribution in [1.29, 1.82) is 0 Å². The SMILES string of the molecule is CC(C)NC(=O)[C@H](C)Sc1nc2ccccc2c(=O)n1-c1ncn[nH]1. The van der Waals surface area contributed by atoms with Crippen molar-refractivity contribution in [2.45, 2.75) is 37.2 Å². The Morgan fingerprint density at radius 1 is 1.28 bits per heavy atom. The van der Waals surface area contributed by atoms with Crippen LogP contribution >= 0.6 is 11.8 Å². The van der Waals surface area contributed by atoms with Gasteiger partial charge in [0.25, 0.3) is 5.56 Å². The van der Waals surface area contributed by atoms with Crippen molar-refractivity contribution >= 4 is 28.6 Å². The van der Waals surface area contributed by atoms with Gasteiger partial charge in [-0.15, -0.1) is 0 Å². The van der Waals surface area contributed by atoms with Crippen molar-refractivity contribution in [1.82, 2.24) is 30.0 Å². The molecule has 0 aliphatic carbocycles. The molecule has 1 atom stereocenters. The van der Waals surface area contributed by atoms with Gasteiger partial charge in [-0.2, -0.15) is 10.1 Å². The number of hydrogen-bond acceptors (Lipinski definition) is 6. The van der Waals surface area contributed by atoms with E-state index in [0.29, 0.717) is 16.1 Å². The lowest BCUT2D eigenvalue weighted by Crippen LogP contribution is -2.36. The summed E-state index contributed by atoms with van der Waals surface area (Å²) >= 11 is 1.20. The highest BCUT2D eigenvalue weighted by Gasteiger charge is 2.21. The predicted molar refractivity (Wildman–Crippen MR) is 95.9 cm³/mol. The fraction of sp³-hybridized carbons (Fsp3) is 0.312. The molecule has 9 heteroatoms. The molecule has 1 aromatic carbocycles. The second-order valence-electron chi connectivity index (χ2n) is 5.78. The molecular formula is C16H18N6O2S. The first-order valence-corrected chi connectivity index (χ1v) is 8.70. The van der Waals surface area contributed by atoms with E-state index in [1.54, 1.807) is 25.1 Å². The Morgan fingerprint density at radius 2 is 2.04 bits per heavy atom. The number of H-pyrrole nitrogens is 1. The van der Waals surface area contributed by atoms with E-state index in [1.807, 2.05) is 19.9 Å². The van der Waals surface area contributed by atoms with Crippen molar-refractivity contribution in [2.75, 3.05) is 0 Å². The Morgan fingerprint density at radius 3 is 2.72 bits per heavy atom. The van der Waals surface area contributed by atoms with Crippen molar-refractivity contribution < 1.29 is 4.79 Å². The van der Waals surface area contributed by atoms with Crippen LogP contribution in [0.25, 0.3) is 16.9 Å². The summed E-state index contributed by atoms with van der Waals surface area (Å²) in [5.41, 5.74) is 0.309. The molecule has 0 unspecified atom stereocenters. The molecule has 3 rings (SSSR count).